The van der Waals surface area contributed by atoms with Crippen LogP contribution in [0.15, 0.2) is 12.1 Å². The molecule has 1 N–H and O–H groups in total. The fourth-order valence-electron chi connectivity index (χ4n) is 2.24. The Morgan fingerprint density at radius 1 is 1.26 bits per heavy atom. The Labute approximate surface area is 118 Å². The summed E-state index contributed by atoms with van der Waals surface area (Å²) in [6.45, 7) is 5.76. The predicted octanol–water partition coefficient (Wildman–Crippen LogP) is 2.32. The largest absolute Gasteiger partial charge is 0.486 e. The lowest BCUT2D eigenvalue weighted by molar-refractivity contribution is 0.170. The lowest BCUT2D eigenvalue weighted by Gasteiger charge is -2.23. The molecule has 0 unspecified atom stereocenters. The second-order valence-electron chi connectivity index (χ2n) is 4.60. The van der Waals surface area contributed by atoms with Gasteiger partial charge in [-0.1, -0.05) is 18.5 Å². The minimum atomic E-state index is 0.165. The van der Waals surface area contributed by atoms with Crippen molar-refractivity contribution in [2.24, 2.45) is 0 Å². The number of aliphatic hydroxyl groups is 1. The van der Waals surface area contributed by atoms with Gasteiger partial charge in [0.2, 0.25) is 0 Å². The molecule has 0 spiro atoms. The maximum Gasteiger partial charge on any atom is 0.179 e. The minimum absolute atomic E-state index is 0.165. The Hall–Kier alpha value is -0.970. The molecule has 0 fully saturated rings. The topological polar surface area (TPSA) is 41.9 Å². The fraction of sp³-hybridized carbons (Fsp3) is 0.571. The maximum absolute atomic E-state index is 9.08. The number of hydrogen-bond donors (Lipinski definition) is 1. The summed E-state index contributed by atoms with van der Waals surface area (Å²) in [5.41, 5.74) is 1.08. The lowest BCUT2D eigenvalue weighted by Crippen LogP contribution is -2.27. The molecule has 0 aromatic heterocycles. The van der Waals surface area contributed by atoms with Gasteiger partial charge >= 0.3 is 0 Å². The van der Waals surface area contributed by atoms with Gasteiger partial charge in [-0.25, -0.2) is 0 Å². The minimum Gasteiger partial charge on any atom is -0.486 e. The Morgan fingerprint density at radius 2 is 2.05 bits per heavy atom. The van der Waals surface area contributed by atoms with E-state index in [1.165, 1.54) is 0 Å². The highest BCUT2D eigenvalue weighted by Crippen LogP contribution is 2.38. The number of aliphatic hydroxyl groups excluding tert-OH is 1. The van der Waals surface area contributed by atoms with Gasteiger partial charge in [0.1, 0.15) is 13.2 Å². The molecular weight excluding hydrogens is 266 g/mol. The average Bonchev–Trinajstić information content (AvgIpc) is 2.39. The summed E-state index contributed by atoms with van der Waals surface area (Å²) in [5.74, 6) is 1.36. The zero-order valence-electron chi connectivity index (χ0n) is 11.2. The lowest BCUT2D eigenvalue weighted by atomic mass is 10.1. The molecule has 1 aliphatic rings. The van der Waals surface area contributed by atoms with E-state index in [2.05, 4.69) is 11.8 Å². The zero-order valence-corrected chi connectivity index (χ0v) is 11.9. The molecule has 1 aliphatic heterocycles. The number of halogens is 1. The number of hydrogen-bond acceptors (Lipinski definition) is 4. The van der Waals surface area contributed by atoms with Gasteiger partial charge in [0, 0.05) is 13.1 Å². The molecule has 1 heterocycles. The quantitative estimate of drug-likeness (QED) is 0.871. The first-order valence-electron chi connectivity index (χ1n) is 6.65. The molecule has 0 saturated heterocycles. The van der Waals surface area contributed by atoms with Crippen LogP contribution in [-0.4, -0.2) is 42.9 Å². The molecule has 1 aromatic rings. The highest BCUT2D eigenvalue weighted by molar-refractivity contribution is 6.32. The molecule has 0 saturated carbocycles. The molecule has 4 nitrogen and oxygen atoms in total. The number of fused-ring (bicyclic) bond motifs is 1. The normalized spacial score (nSPS) is 13.9. The molecule has 5 heteroatoms. The monoisotopic (exact) mass is 285 g/mol. The van der Waals surface area contributed by atoms with E-state index in [9.17, 15) is 0 Å². The van der Waals surface area contributed by atoms with Gasteiger partial charge in [0.15, 0.2) is 11.5 Å². The molecule has 1 aromatic carbocycles. The van der Waals surface area contributed by atoms with E-state index in [0.29, 0.717) is 36.3 Å². The van der Waals surface area contributed by atoms with Gasteiger partial charge in [-0.2, -0.15) is 0 Å². The van der Waals surface area contributed by atoms with E-state index in [0.717, 1.165) is 25.1 Å². The summed E-state index contributed by atoms with van der Waals surface area (Å²) in [6.07, 6.45) is 1.05. The van der Waals surface area contributed by atoms with Gasteiger partial charge in [-0.05, 0) is 30.7 Å². The number of benzene rings is 1. The second kappa shape index (κ2) is 6.98. The summed E-state index contributed by atoms with van der Waals surface area (Å²) in [4.78, 5) is 2.20. The number of nitrogens with zero attached hydrogens (tertiary/aromatic N) is 1. The van der Waals surface area contributed by atoms with Crippen LogP contribution in [0.25, 0.3) is 0 Å². The predicted molar refractivity (Wildman–Crippen MR) is 75.1 cm³/mol. The number of ether oxygens (including phenoxy) is 2. The molecular formula is C14H20ClNO3. The average molecular weight is 286 g/mol. The van der Waals surface area contributed by atoms with E-state index in [-0.39, 0.29) is 6.61 Å². The van der Waals surface area contributed by atoms with E-state index in [1.54, 1.807) is 0 Å². The van der Waals surface area contributed by atoms with Crippen LogP contribution in [0.3, 0.4) is 0 Å². The summed E-state index contributed by atoms with van der Waals surface area (Å²) in [5, 5.41) is 9.67. The third-order valence-electron chi connectivity index (χ3n) is 3.02. The van der Waals surface area contributed by atoms with Crippen molar-refractivity contribution >= 4 is 11.6 Å². The number of rotatable bonds is 6. The van der Waals surface area contributed by atoms with Crippen LogP contribution in [-0.2, 0) is 6.54 Å². The van der Waals surface area contributed by atoms with Crippen LogP contribution in [0.2, 0.25) is 5.02 Å². The summed E-state index contributed by atoms with van der Waals surface area (Å²) in [7, 11) is 0. The first-order valence-corrected chi connectivity index (χ1v) is 7.03. The van der Waals surface area contributed by atoms with Crippen molar-refractivity contribution in [3.63, 3.8) is 0 Å². The van der Waals surface area contributed by atoms with Crippen molar-refractivity contribution in [3.8, 4) is 11.5 Å². The third kappa shape index (κ3) is 3.75. The zero-order chi connectivity index (χ0) is 13.7. The van der Waals surface area contributed by atoms with Gasteiger partial charge in [-0.3, -0.25) is 4.90 Å². The molecule has 0 bridgehead atoms. The van der Waals surface area contributed by atoms with Gasteiger partial charge in [0.25, 0.3) is 0 Å². The van der Waals surface area contributed by atoms with Crippen LogP contribution in [0.5, 0.6) is 11.5 Å². The van der Waals surface area contributed by atoms with Crippen LogP contribution in [0.1, 0.15) is 18.9 Å². The fourth-order valence-corrected chi connectivity index (χ4v) is 2.53. The molecule has 0 atom stereocenters. The van der Waals surface area contributed by atoms with Crippen LogP contribution < -0.4 is 9.47 Å². The van der Waals surface area contributed by atoms with E-state index < -0.39 is 0 Å². The summed E-state index contributed by atoms with van der Waals surface area (Å²) >= 11 is 6.21. The highest BCUT2D eigenvalue weighted by atomic mass is 35.5. The Balaban J connectivity index is 2.13. The maximum atomic E-state index is 9.08. The smallest absolute Gasteiger partial charge is 0.179 e. The van der Waals surface area contributed by atoms with Crippen molar-refractivity contribution in [1.29, 1.82) is 0 Å². The molecule has 0 aliphatic carbocycles. The van der Waals surface area contributed by atoms with E-state index in [4.69, 9.17) is 26.2 Å². The van der Waals surface area contributed by atoms with Crippen molar-refractivity contribution in [1.82, 2.24) is 4.90 Å². The molecule has 2 rings (SSSR count). The standard InChI is InChI=1S/C14H20ClNO3/c1-2-3-16(4-5-17)10-11-8-12(15)14-13(9-11)18-6-7-19-14/h8-9,17H,2-7,10H2,1H3. The first kappa shape index (κ1) is 14.4. The Bertz CT molecular complexity index is 419. The van der Waals surface area contributed by atoms with Crippen LogP contribution >= 0.6 is 11.6 Å². The van der Waals surface area contributed by atoms with Crippen molar-refractivity contribution in [2.45, 2.75) is 19.9 Å². The second-order valence-corrected chi connectivity index (χ2v) is 5.01. The SMILES string of the molecule is CCCN(CCO)Cc1cc(Cl)c2c(c1)OCCO2. The molecule has 19 heavy (non-hydrogen) atoms. The molecule has 0 amide bonds. The molecule has 106 valence electrons. The molecule has 0 radical (unpaired) electrons. The van der Waals surface area contributed by atoms with E-state index in [1.807, 2.05) is 12.1 Å². The van der Waals surface area contributed by atoms with Crippen LogP contribution in [0.4, 0.5) is 0 Å². The Kier molecular flexibility index (Phi) is 5.31. The summed E-state index contributed by atoms with van der Waals surface area (Å²) < 4.78 is 11.1. The van der Waals surface area contributed by atoms with Gasteiger partial charge in [0.05, 0.1) is 11.6 Å². The third-order valence-corrected chi connectivity index (χ3v) is 3.30. The highest BCUT2D eigenvalue weighted by Gasteiger charge is 2.17. The summed E-state index contributed by atoms with van der Waals surface area (Å²) in [6, 6.07) is 3.88. The van der Waals surface area contributed by atoms with Crippen molar-refractivity contribution in [3.05, 3.63) is 22.7 Å². The van der Waals surface area contributed by atoms with E-state index >= 15 is 0 Å². The van der Waals surface area contributed by atoms with Crippen LogP contribution in [0, 0.1) is 0 Å². The van der Waals surface area contributed by atoms with Crippen molar-refractivity contribution < 1.29 is 14.6 Å². The van der Waals surface area contributed by atoms with Gasteiger partial charge in [-0.15, -0.1) is 0 Å². The van der Waals surface area contributed by atoms with Gasteiger partial charge < -0.3 is 14.6 Å². The first-order chi connectivity index (χ1) is 9.24. The van der Waals surface area contributed by atoms with Crippen molar-refractivity contribution in [2.75, 3.05) is 32.9 Å². The Morgan fingerprint density at radius 3 is 2.79 bits per heavy atom.